The SMILES string of the molecule is C[C@@H]1CCCC[NH+]1CCCC[NH3+]. The third kappa shape index (κ3) is 3.11. The average molecular weight is 172 g/mol. The Labute approximate surface area is 76.1 Å². The first kappa shape index (κ1) is 10.0. The third-order valence-corrected chi connectivity index (χ3v) is 3.08. The maximum Gasteiger partial charge on any atom is 0.0846 e. The highest BCUT2D eigenvalue weighted by Crippen LogP contribution is 2.01. The van der Waals surface area contributed by atoms with E-state index in [1.165, 1.54) is 45.2 Å². The van der Waals surface area contributed by atoms with Gasteiger partial charge in [0.25, 0.3) is 0 Å². The molecule has 72 valence electrons. The molecule has 0 radical (unpaired) electrons. The molecule has 1 fully saturated rings. The van der Waals surface area contributed by atoms with Crippen molar-refractivity contribution in [3.05, 3.63) is 0 Å². The van der Waals surface area contributed by atoms with Crippen LogP contribution < -0.4 is 10.6 Å². The molecular weight excluding hydrogens is 148 g/mol. The first-order chi connectivity index (χ1) is 5.84. The highest BCUT2D eigenvalue weighted by atomic mass is 15.1. The molecule has 4 N–H and O–H groups in total. The number of piperidine rings is 1. The van der Waals surface area contributed by atoms with Gasteiger partial charge in [-0.15, -0.1) is 0 Å². The van der Waals surface area contributed by atoms with Gasteiger partial charge in [0.05, 0.1) is 25.7 Å². The maximum absolute atomic E-state index is 3.88. The summed E-state index contributed by atoms with van der Waals surface area (Å²) >= 11 is 0. The van der Waals surface area contributed by atoms with E-state index in [2.05, 4.69) is 12.7 Å². The molecule has 0 aliphatic carbocycles. The van der Waals surface area contributed by atoms with E-state index in [0.717, 1.165) is 12.6 Å². The number of hydrogen-bond donors (Lipinski definition) is 2. The fourth-order valence-corrected chi connectivity index (χ4v) is 2.15. The van der Waals surface area contributed by atoms with Crippen molar-refractivity contribution in [3.8, 4) is 0 Å². The molecule has 0 aromatic rings. The van der Waals surface area contributed by atoms with Crippen LogP contribution in [-0.2, 0) is 0 Å². The number of quaternary nitrogens is 2. The van der Waals surface area contributed by atoms with Gasteiger partial charge in [-0.25, -0.2) is 0 Å². The van der Waals surface area contributed by atoms with Gasteiger partial charge in [0.2, 0.25) is 0 Å². The molecule has 0 aromatic heterocycles. The van der Waals surface area contributed by atoms with Gasteiger partial charge in [-0.2, -0.15) is 0 Å². The van der Waals surface area contributed by atoms with Crippen molar-refractivity contribution in [2.75, 3.05) is 19.6 Å². The topological polar surface area (TPSA) is 32.1 Å². The average Bonchev–Trinajstić information content (AvgIpc) is 2.09. The number of likely N-dealkylation sites (tertiary alicyclic amines) is 1. The van der Waals surface area contributed by atoms with E-state index >= 15 is 0 Å². The maximum atomic E-state index is 3.88. The van der Waals surface area contributed by atoms with Crippen LogP contribution in [0, 0.1) is 0 Å². The lowest BCUT2D eigenvalue weighted by atomic mass is 10.0. The smallest absolute Gasteiger partial charge is 0.0846 e. The summed E-state index contributed by atoms with van der Waals surface area (Å²) in [5.41, 5.74) is 3.88. The van der Waals surface area contributed by atoms with Crippen molar-refractivity contribution >= 4 is 0 Å². The van der Waals surface area contributed by atoms with Crippen LogP contribution in [-0.4, -0.2) is 25.7 Å². The van der Waals surface area contributed by atoms with Crippen molar-refractivity contribution in [2.45, 2.75) is 45.1 Å². The van der Waals surface area contributed by atoms with Crippen LogP contribution in [0.2, 0.25) is 0 Å². The van der Waals surface area contributed by atoms with Gasteiger partial charge in [-0.1, -0.05) is 0 Å². The van der Waals surface area contributed by atoms with Gasteiger partial charge in [0, 0.05) is 12.8 Å². The first-order valence-corrected chi connectivity index (χ1v) is 5.48. The molecule has 1 aliphatic rings. The summed E-state index contributed by atoms with van der Waals surface area (Å²) in [5, 5.41) is 0. The molecule has 1 aliphatic heterocycles. The minimum Gasteiger partial charge on any atom is -0.358 e. The Bertz CT molecular complexity index is 114. The van der Waals surface area contributed by atoms with Crippen molar-refractivity contribution < 1.29 is 10.6 Å². The number of hydrogen-bond acceptors (Lipinski definition) is 0. The van der Waals surface area contributed by atoms with Gasteiger partial charge in [0.15, 0.2) is 0 Å². The molecule has 0 bridgehead atoms. The minimum absolute atomic E-state index is 0.920. The van der Waals surface area contributed by atoms with E-state index in [-0.39, 0.29) is 0 Å². The van der Waals surface area contributed by atoms with Gasteiger partial charge in [-0.05, 0) is 26.2 Å². The minimum atomic E-state index is 0.920. The number of rotatable bonds is 4. The van der Waals surface area contributed by atoms with E-state index in [0.29, 0.717) is 0 Å². The zero-order valence-electron chi connectivity index (χ0n) is 8.44. The van der Waals surface area contributed by atoms with Crippen molar-refractivity contribution in [2.24, 2.45) is 0 Å². The lowest BCUT2D eigenvalue weighted by molar-refractivity contribution is -0.928. The first-order valence-electron chi connectivity index (χ1n) is 5.48. The standard InChI is InChI=1S/C10H22N2/c1-10-6-2-4-8-12(10)9-5-3-7-11/h10H,2-9,11H2,1H3/p+2/t10-/m1/s1. The van der Waals surface area contributed by atoms with Crippen LogP contribution in [0.5, 0.6) is 0 Å². The molecule has 2 nitrogen and oxygen atoms in total. The summed E-state index contributed by atoms with van der Waals surface area (Å²) in [6.07, 6.45) is 7.04. The lowest BCUT2D eigenvalue weighted by Crippen LogP contribution is -3.16. The zero-order valence-corrected chi connectivity index (χ0v) is 8.44. The van der Waals surface area contributed by atoms with Gasteiger partial charge < -0.3 is 10.6 Å². The van der Waals surface area contributed by atoms with Gasteiger partial charge in [-0.3, -0.25) is 0 Å². The number of nitrogens with one attached hydrogen (secondary N) is 1. The summed E-state index contributed by atoms with van der Waals surface area (Å²) < 4.78 is 0. The van der Waals surface area contributed by atoms with Crippen molar-refractivity contribution in [1.29, 1.82) is 0 Å². The van der Waals surface area contributed by atoms with Crippen molar-refractivity contribution in [3.63, 3.8) is 0 Å². The van der Waals surface area contributed by atoms with Crippen molar-refractivity contribution in [1.82, 2.24) is 0 Å². The quantitative estimate of drug-likeness (QED) is 0.534. The summed E-state index contributed by atoms with van der Waals surface area (Å²) in [6, 6.07) is 0.920. The predicted molar refractivity (Wildman–Crippen MR) is 51.0 cm³/mol. The van der Waals surface area contributed by atoms with E-state index in [4.69, 9.17) is 0 Å². The second-order valence-electron chi connectivity index (χ2n) is 4.12. The summed E-state index contributed by atoms with van der Waals surface area (Å²) in [6.45, 7) is 6.31. The molecule has 1 heterocycles. The summed E-state index contributed by atoms with van der Waals surface area (Å²) in [5.74, 6) is 0. The molecule has 12 heavy (non-hydrogen) atoms. The van der Waals surface area contributed by atoms with E-state index < -0.39 is 0 Å². The highest BCUT2D eigenvalue weighted by molar-refractivity contribution is 4.55. The molecule has 2 atom stereocenters. The molecule has 0 saturated carbocycles. The van der Waals surface area contributed by atoms with E-state index in [1.807, 2.05) is 4.90 Å². The molecule has 0 aromatic carbocycles. The predicted octanol–water partition coefficient (Wildman–Crippen LogP) is -0.534. The molecule has 0 spiro atoms. The fraction of sp³-hybridized carbons (Fsp3) is 1.00. The Balaban J connectivity index is 2.11. The van der Waals surface area contributed by atoms with E-state index in [1.54, 1.807) is 0 Å². The lowest BCUT2D eigenvalue weighted by Gasteiger charge is -2.30. The Hall–Kier alpha value is -0.0800. The fourth-order valence-electron chi connectivity index (χ4n) is 2.15. The second kappa shape index (κ2) is 5.55. The Morgan fingerprint density at radius 2 is 2.17 bits per heavy atom. The third-order valence-electron chi connectivity index (χ3n) is 3.08. The molecule has 2 heteroatoms. The van der Waals surface area contributed by atoms with Crippen LogP contribution >= 0.6 is 0 Å². The van der Waals surface area contributed by atoms with Crippen LogP contribution in [0.1, 0.15) is 39.0 Å². The molecular formula is C10H24N2+2. The van der Waals surface area contributed by atoms with Crippen LogP contribution in [0.15, 0.2) is 0 Å². The number of unbranched alkanes of at least 4 members (excludes halogenated alkanes) is 1. The molecule has 1 unspecified atom stereocenters. The van der Waals surface area contributed by atoms with E-state index in [9.17, 15) is 0 Å². The van der Waals surface area contributed by atoms with Gasteiger partial charge in [0.1, 0.15) is 0 Å². The largest absolute Gasteiger partial charge is 0.358 e. The summed E-state index contributed by atoms with van der Waals surface area (Å²) in [7, 11) is 0. The molecule has 1 rings (SSSR count). The van der Waals surface area contributed by atoms with Crippen LogP contribution in [0.3, 0.4) is 0 Å². The normalized spacial score (nSPS) is 30.5. The Kier molecular flexibility index (Phi) is 4.62. The molecule has 1 saturated heterocycles. The zero-order chi connectivity index (χ0) is 8.81. The molecule has 0 amide bonds. The Morgan fingerprint density at radius 3 is 2.83 bits per heavy atom. The monoisotopic (exact) mass is 172 g/mol. The Morgan fingerprint density at radius 1 is 1.33 bits per heavy atom. The summed E-state index contributed by atoms with van der Waals surface area (Å²) in [4.78, 5) is 1.84. The van der Waals surface area contributed by atoms with Crippen LogP contribution in [0.25, 0.3) is 0 Å². The van der Waals surface area contributed by atoms with Crippen LogP contribution in [0.4, 0.5) is 0 Å². The second-order valence-corrected chi connectivity index (χ2v) is 4.12. The van der Waals surface area contributed by atoms with Gasteiger partial charge >= 0.3 is 0 Å². The highest BCUT2D eigenvalue weighted by Gasteiger charge is 2.20.